The van der Waals surface area contributed by atoms with Crippen LogP contribution in [0.3, 0.4) is 0 Å². The third-order valence-corrected chi connectivity index (χ3v) is 7.92. The molecule has 32 heavy (non-hydrogen) atoms. The Hall–Kier alpha value is -2.74. The molecule has 0 saturated carbocycles. The second-order valence-electron chi connectivity index (χ2n) is 7.29. The van der Waals surface area contributed by atoms with E-state index >= 15 is 0 Å². The van der Waals surface area contributed by atoms with E-state index in [1.807, 2.05) is 24.3 Å². The molecule has 1 N–H and O–H groups in total. The zero-order valence-corrected chi connectivity index (χ0v) is 20.0. The van der Waals surface area contributed by atoms with Gasteiger partial charge in [0.2, 0.25) is 0 Å². The van der Waals surface area contributed by atoms with E-state index in [4.69, 9.17) is 16.6 Å². The Morgan fingerprint density at radius 3 is 2.69 bits per heavy atom. The molecule has 0 fully saturated rings. The highest BCUT2D eigenvalue weighted by molar-refractivity contribution is 8.01. The fourth-order valence-corrected chi connectivity index (χ4v) is 5.67. The van der Waals surface area contributed by atoms with Gasteiger partial charge in [0.15, 0.2) is 0 Å². The van der Waals surface area contributed by atoms with Crippen LogP contribution < -0.4 is 4.72 Å². The van der Waals surface area contributed by atoms with Crippen molar-refractivity contribution in [2.75, 3.05) is 4.72 Å². The maximum atomic E-state index is 13.5. The number of aryl methyl sites for hydroxylation is 2. The second-order valence-corrected chi connectivity index (χ2v) is 10.8. The molecule has 164 valence electrons. The Balaban J connectivity index is 1.72. The number of benzene rings is 2. The summed E-state index contributed by atoms with van der Waals surface area (Å²) in [4.78, 5) is 10.5. The lowest BCUT2D eigenvalue weighted by Gasteiger charge is -2.13. The highest BCUT2D eigenvalue weighted by atomic mass is 35.5. The topological polar surface area (TPSA) is 54.9 Å². The lowest BCUT2D eigenvalue weighted by atomic mass is 10.1. The number of halogens is 2. The van der Waals surface area contributed by atoms with Gasteiger partial charge in [-0.25, -0.2) is 18.6 Å². The van der Waals surface area contributed by atoms with Gasteiger partial charge in [-0.2, -0.15) is 0 Å². The molecule has 8 heteroatoms. The lowest BCUT2D eigenvalue weighted by molar-refractivity contribution is 0.626. The summed E-state index contributed by atoms with van der Waals surface area (Å²) < 4.78 is 29.6. The van der Waals surface area contributed by atoms with Crippen LogP contribution >= 0.6 is 22.9 Å². The minimum atomic E-state index is -2.99. The Morgan fingerprint density at radius 2 is 1.97 bits per heavy atom. The first-order valence-electron chi connectivity index (χ1n) is 9.90. The third kappa shape index (κ3) is 4.70. The summed E-state index contributed by atoms with van der Waals surface area (Å²) in [5.74, 6) is 3.60. The molecule has 0 aliphatic rings. The Bertz CT molecular complexity index is 1400. The summed E-state index contributed by atoms with van der Waals surface area (Å²) in [6.07, 6.45) is 2.48. The molecule has 4 nitrogen and oxygen atoms in total. The van der Waals surface area contributed by atoms with E-state index in [9.17, 15) is 8.60 Å². The monoisotopic (exact) mass is 485 g/mol. The number of hydrogen-bond acceptors (Lipinski definition) is 4. The van der Waals surface area contributed by atoms with Gasteiger partial charge in [0.1, 0.15) is 11.6 Å². The first-order chi connectivity index (χ1) is 15.3. The van der Waals surface area contributed by atoms with Gasteiger partial charge in [-0.05, 0) is 61.2 Å². The SMILES string of the molecule is C=S(=O)(Nc1cc(-c2sc(CC)nc2-c2cccc(C)c2)ccn1)c1ccc(F)c(Cl)c1. The van der Waals surface area contributed by atoms with Crippen LogP contribution in [0.1, 0.15) is 17.5 Å². The van der Waals surface area contributed by atoms with Crippen molar-refractivity contribution in [1.82, 2.24) is 9.97 Å². The first kappa shape index (κ1) is 22.5. The quantitative estimate of drug-likeness (QED) is 0.311. The van der Waals surface area contributed by atoms with Crippen molar-refractivity contribution in [3.63, 3.8) is 0 Å². The van der Waals surface area contributed by atoms with Gasteiger partial charge >= 0.3 is 0 Å². The van der Waals surface area contributed by atoms with Crippen LogP contribution in [0, 0.1) is 12.7 Å². The Morgan fingerprint density at radius 1 is 1.16 bits per heavy atom. The number of anilines is 1. The van der Waals surface area contributed by atoms with Crippen LogP contribution in [0.5, 0.6) is 0 Å². The molecule has 0 aliphatic heterocycles. The fraction of sp³-hybridized carbons (Fsp3) is 0.125. The van der Waals surface area contributed by atoms with Gasteiger partial charge in [-0.3, -0.25) is 4.72 Å². The molecular formula is C24H21ClFN3OS2. The fourth-order valence-electron chi connectivity index (χ4n) is 3.24. The normalized spacial score (nSPS) is 13.0. The van der Waals surface area contributed by atoms with Crippen LogP contribution in [0.4, 0.5) is 10.2 Å². The van der Waals surface area contributed by atoms with Crippen LogP contribution in [-0.4, -0.2) is 20.0 Å². The van der Waals surface area contributed by atoms with Crippen LogP contribution in [0.2, 0.25) is 5.02 Å². The van der Waals surface area contributed by atoms with Crippen molar-refractivity contribution in [1.29, 1.82) is 0 Å². The molecule has 0 saturated heterocycles. The van der Waals surface area contributed by atoms with Gasteiger partial charge in [0, 0.05) is 11.8 Å². The van der Waals surface area contributed by atoms with Crippen LogP contribution in [0.25, 0.3) is 21.7 Å². The summed E-state index contributed by atoms with van der Waals surface area (Å²) in [6, 6.07) is 15.8. The largest absolute Gasteiger partial charge is 0.294 e. The summed E-state index contributed by atoms with van der Waals surface area (Å²) in [5.41, 5.74) is 4.02. The summed E-state index contributed by atoms with van der Waals surface area (Å²) in [5, 5.41) is 0.923. The molecule has 4 aromatic rings. The van der Waals surface area contributed by atoms with Crippen LogP contribution in [0.15, 0.2) is 65.7 Å². The molecule has 2 heterocycles. The van der Waals surface area contributed by atoms with Gasteiger partial charge in [-0.15, -0.1) is 11.3 Å². The van der Waals surface area contributed by atoms with Crippen molar-refractivity contribution in [3.05, 3.63) is 82.2 Å². The molecule has 1 unspecified atom stereocenters. The van der Waals surface area contributed by atoms with E-state index in [1.54, 1.807) is 17.5 Å². The molecule has 0 bridgehead atoms. The summed E-state index contributed by atoms with van der Waals surface area (Å²) >= 11 is 7.48. The second kappa shape index (κ2) is 9.02. The number of thiazole rings is 1. The average molecular weight is 486 g/mol. The molecular weight excluding hydrogens is 465 g/mol. The minimum Gasteiger partial charge on any atom is -0.294 e. The number of nitrogens with one attached hydrogen (secondary N) is 1. The average Bonchev–Trinajstić information content (AvgIpc) is 3.20. The van der Waals surface area contributed by atoms with E-state index < -0.39 is 15.5 Å². The smallest absolute Gasteiger partial charge is 0.141 e. The number of hydrogen-bond donors (Lipinski definition) is 1. The van der Waals surface area contributed by atoms with Crippen molar-refractivity contribution in [2.45, 2.75) is 25.2 Å². The Kier molecular flexibility index (Phi) is 6.33. The van der Waals surface area contributed by atoms with E-state index in [1.165, 1.54) is 18.2 Å². The maximum Gasteiger partial charge on any atom is 0.141 e. The van der Waals surface area contributed by atoms with Crippen LogP contribution in [-0.2, 0) is 16.1 Å². The number of rotatable bonds is 6. The maximum absolute atomic E-state index is 13.5. The van der Waals surface area contributed by atoms with E-state index in [-0.39, 0.29) is 5.02 Å². The number of nitrogens with zero attached hydrogens (tertiary/aromatic N) is 2. The predicted octanol–water partition coefficient (Wildman–Crippen LogP) is 6.64. The minimum absolute atomic E-state index is 0.109. The van der Waals surface area contributed by atoms with Crippen molar-refractivity contribution in [3.8, 4) is 21.7 Å². The van der Waals surface area contributed by atoms with E-state index in [0.717, 1.165) is 38.7 Å². The third-order valence-electron chi connectivity index (χ3n) is 4.83. The molecule has 0 radical (unpaired) electrons. The van der Waals surface area contributed by atoms with Gasteiger partial charge in [0.25, 0.3) is 0 Å². The standard InChI is InChI=1S/C24H21ClFN3OS2/c1-4-22-28-23(16-7-5-6-15(2)12-16)24(31-22)17-10-11-27-21(13-17)29-32(3,30)18-8-9-20(26)19(25)14-18/h5-14H,3-4H2,1-2H3,(H,27,29,30). The molecule has 0 spiro atoms. The molecule has 0 aliphatic carbocycles. The van der Waals surface area contributed by atoms with Gasteiger partial charge < -0.3 is 0 Å². The highest BCUT2D eigenvalue weighted by Crippen LogP contribution is 2.38. The molecule has 4 rings (SSSR count). The van der Waals surface area contributed by atoms with Gasteiger partial charge in [0.05, 0.1) is 35.2 Å². The lowest BCUT2D eigenvalue weighted by Crippen LogP contribution is -2.13. The number of aromatic nitrogens is 2. The molecule has 1 atom stereocenters. The van der Waals surface area contributed by atoms with Crippen molar-refractivity contribution < 1.29 is 8.60 Å². The van der Waals surface area contributed by atoms with Gasteiger partial charge in [-0.1, -0.05) is 42.3 Å². The highest BCUT2D eigenvalue weighted by Gasteiger charge is 2.17. The number of pyridine rings is 1. The predicted molar refractivity (Wildman–Crippen MR) is 133 cm³/mol. The zero-order valence-electron chi connectivity index (χ0n) is 17.6. The molecule has 0 amide bonds. The van der Waals surface area contributed by atoms with E-state index in [2.05, 4.69) is 41.6 Å². The molecule has 2 aromatic carbocycles. The first-order valence-corrected chi connectivity index (χ1v) is 12.8. The molecule has 2 aromatic heterocycles. The van der Waals surface area contributed by atoms with Crippen molar-refractivity contribution >= 4 is 44.3 Å². The Labute approximate surface area is 196 Å². The van der Waals surface area contributed by atoms with Crippen molar-refractivity contribution in [2.24, 2.45) is 0 Å². The summed E-state index contributed by atoms with van der Waals surface area (Å²) in [7, 11) is -2.99. The zero-order chi connectivity index (χ0) is 22.9. The van der Waals surface area contributed by atoms with E-state index in [0.29, 0.717) is 10.7 Å². The summed E-state index contributed by atoms with van der Waals surface area (Å²) in [6.45, 7) is 4.13.